The molecule has 0 atom stereocenters. The summed E-state index contributed by atoms with van der Waals surface area (Å²) in [6.07, 6.45) is 0. The number of benzene rings is 2. The largest absolute Gasteiger partial charge is 0.497 e. The second-order valence-electron chi connectivity index (χ2n) is 4.74. The van der Waals surface area contributed by atoms with Crippen LogP contribution < -0.4 is 19.5 Å². The summed E-state index contributed by atoms with van der Waals surface area (Å²) in [6, 6.07) is 14.4. The molecule has 122 valence electrons. The molecule has 0 bridgehead atoms. The minimum absolute atomic E-state index is 0.136. The van der Waals surface area contributed by atoms with Gasteiger partial charge in [0.25, 0.3) is 5.91 Å². The molecule has 0 aliphatic carbocycles. The lowest BCUT2D eigenvalue weighted by molar-refractivity contribution is 0.0947. The van der Waals surface area contributed by atoms with Crippen LogP contribution in [0.2, 0.25) is 0 Å². The quantitative estimate of drug-likeness (QED) is 0.761. The van der Waals surface area contributed by atoms with Crippen LogP contribution in [-0.4, -0.2) is 32.8 Å². The van der Waals surface area contributed by atoms with Crippen molar-refractivity contribution in [3.05, 3.63) is 54.1 Å². The van der Waals surface area contributed by atoms with Crippen LogP contribution in [-0.2, 0) is 0 Å². The third kappa shape index (κ3) is 5.21. The van der Waals surface area contributed by atoms with Crippen LogP contribution in [0.25, 0.3) is 0 Å². The number of hydrogen-bond acceptors (Lipinski definition) is 4. The Morgan fingerprint density at radius 3 is 2.04 bits per heavy atom. The highest BCUT2D eigenvalue weighted by Crippen LogP contribution is 2.17. The third-order valence-electron chi connectivity index (χ3n) is 3.14. The Hall–Kier alpha value is -2.69. The molecule has 1 N–H and O–H groups in total. The van der Waals surface area contributed by atoms with Gasteiger partial charge in [-0.3, -0.25) is 4.79 Å². The highest BCUT2D eigenvalue weighted by molar-refractivity contribution is 5.94. The number of amides is 1. The predicted octanol–water partition coefficient (Wildman–Crippen LogP) is 2.90. The molecule has 0 unspecified atom stereocenters. The summed E-state index contributed by atoms with van der Waals surface area (Å²) in [7, 11) is 1.59. The Labute approximate surface area is 136 Å². The van der Waals surface area contributed by atoms with Crippen molar-refractivity contribution >= 4 is 5.91 Å². The van der Waals surface area contributed by atoms with Gasteiger partial charge < -0.3 is 19.5 Å². The lowest BCUT2D eigenvalue weighted by atomic mass is 10.2. The Morgan fingerprint density at radius 1 is 0.913 bits per heavy atom. The normalized spacial score (nSPS) is 10.0. The van der Waals surface area contributed by atoms with Gasteiger partial charge in [-0.15, -0.1) is 0 Å². The summed E-state index contributed by atoms with van der Waals surface area (Å²) in [5.41, 5.74) is 0.590. The van der Waals surface area contributed by atoms with Crippen molar-refractivity contribution in [2.45, 2.75) is 6.92 Å². The van der Waals surface area contributed by atoms with E-state index < -0.39 is 0 Å². The summed E-state index contributed by atoms with van der Waals surface area (Å²) in [5, 5.41) is 2.81. The van der Waals surface area contributed by atoms with Gasteiger partial charge in [0.15, 0.2) is 0 Å². The van der Waals surface area contributed by atoms with Gasteiger partial charge >= 0.3 is 0 Å². The summed E-state index contributed by atoms with van der Waals surface area (Å²) < 4.78 is 16.0. The van der Waals surface area contributed by atoms with Crippen molar-refractivity contribution < 1.29 is 19.0 Å². The summed E-state index contributed by atoms with van der Waals surface area (Å²) in [4.78, 5) is 11.9. The van der Waals surface area contributed by atoms with Crippen LogP contribution >= 0.6 is 0 Å². The zero-order chi connectivity index (χ0) is 16.5. The monoisotopic (exact) mass is 315 g/mol. The van der Waals surface area contributed by atoms with Gasteiger partial charge in [-0.2, -0.15) is 0 Å². The molecule has 5 nitrogen and oxygen atoms in total. The fraction of sp³-hybridized carbons (Fsp3) is 0.278. The van der Waals surface area contributed by atoms with Crippen LogP contribution in [0.1, 0.15) is 17.3 Å². The first-order chi connectivity index (χ1) is 11.2. The van der Waals surface area contributed by atoms with Crippen LogP contribution in [0.5, 0.6) is 17.2 Å². The van der Waals surface area contributed by atoms with Gasteiger partial charge in [-0.1, -0.05) is 0 Å². The van der Waals surface area contributed by atoms with E-state index in [1.807, 2.05) is 31.2 Å². The fourth-order valence-corrected chi connectivity index (χ4v) is 1.98. The number of carbonyl (C=O) groups is 1. The fourth-order valence-electron chi connectivity index (χ4n) is 1.98. The Bertz CT molecular complexity index is 608. The molecule has 5 heteroatoms. The second-order valence-corrected chi connectivity index (χ2v) is 4.74. The zero-order valence-electron chi connectivity index (χ0n) is 13.4. The van der Waals surface area contributed by atoms with Gasteiger partial charge in [0.2, 0.25) is 0 Å². The molecule has 23 heavy (non-hydrogen) atoms. The SMILES string of the molecule is CCOc1ccc(OCCNC(=O)c2ccc(OC)cc2)cc1. The zero-order valence-corrected chi connectivity index (χ0v) is 13.4. The minimum Gasteiger partial charge on any atom is -0.497 e. The molecule has 0 aliphatic rings. The van der Waals surface area contributed by atoms with Crippen LogP contribution in [0.4, 0.5) is 0 Å². The number of hydrogen-bond donors (Lipinski definition) is 1. The molecule has 1 amide bonds. The average Bonchev–Trinajstić information content (AvgIpc) is 2.60. The number of carbonyl (C=O) groups excluding carboxylic acids is 1. The molecular formula is C18H21NO4. The number of nitrogens with one attached hydrogen (secondary N) is 1. The van der Waals surface area contributed by atoms with Crippen molar-refractivity contribution in [2.75, 3.05) is 26.9 Å². The van der Waals surface area contributed by atoms with Crippen molar-refractivity contribution in [3.8, 4) is 17.2 Å². The number of ether oxygens (including phenoxy) is 3. The molecule has 0 heterocycles. The van der Waals surface area contributed by atoms with Crippen LogP contribution in [0.3, 0.4) is 0 Å². The van der Waals surface area contributed by atoms with E-state index in [4.69, 9.17) is 14.2 Å². The van der Waals surface area contributed by atoms with Crippen molar-refractivity contribution in [1.82, 2.24) is 5.32 Å². The lowest BCUT2D eigenvalue weighted by Crippen LogP contribution is -2.28. The highest BCUT2D eigenvalue weighted by Gasteiger charge is 2.05. The maximum absolute atomic E-state index is 11.9. The molecule has 0 fully saturated rings. The van der Waals surface area contributed by atoms with E-state index >= 15 is 0 Å². The molecule has 2 rings (SSSR count). The molecule has 0 saturated heterocycles. The first-order valence-corrected chi connectivity index (χ1v) is 7.51. The van der Waals surface area contributed by atoms with Gasteiger partial charge in [0, 0.05) is 5.56 Å². The highest BCUT2D eigenvalue weighted by atomic mass is 16.5. The van der Waals surface area contributed by atoms with Gasteiger partial charge in [0.1, 0.15) is 23.9 Å². The molecule has 0 spiro atoms. The molecule has 0 aromatic heterocycles. The predicted molar refractivity (Wildman–Crippen MR) is 88.4 cm³/mol. The summed E-state index contributed by atoms with van der Waals surface area (Å²) in [6.45, 7) is 3.40. The van der Waals surface area contributed by atoms with Crippen LogP contribution in [0.15, 0.2) is 48.5 Å². The second kappa shape index (κ2) is 8.68. The van der Waals surface area contributed by atoms with E-state index in [0.29, 0.717) is 25.3 Å². The summed E-state index contributed by atoms with van der Waals surface area (Å²) in [5.74, 6) is 2.14. The third-order valence-corrected chi connectivity index (χ3v) is 3.14. The molecule has 2 aromatic rings. The van der Waals surface area contributed by atoms with Gasteiger partial charge in [-0.05, 0) is 55.5 Å². The molecular weight excluding hydrogens is 294 g/mol. The molecule has 0 radical (unpaired) electrons. The minimum atomic E-state index is -0.136. The van der Waals surface area contributed by atoms with Crippen molar-refractivity contribution in [2.24, 2.45) is 0 Å². The molecule has 2 aromatic carbocycles. The standard InChI is InChI=1S/C18H21NO4/c1-3-22-16-8-10-17(11-9-16)23-13-12-19-18(20)14-4-6-15(21-2)7-5-14/h4-11H,3,12-13H2,1-2H3,(H,19,20). The summed E-state index contributed by atoms with van der Waals surface area (Å²) >= 11 is 0. The van der Waals surface area contributed by atoms with Crippen LogP contribution in [0, 0.1) is 0 Å². The first-order valence-electron chi connectivity index (χ1n) is 7.51. The van der Waals surface area contributed by atoms with E-state index in [-0.39, 0.29) is 5.91 Å². The Morgan fingerprint density at radius 2 is 1.48 bits per heavy atom. The van der Waals surface area contributed by atoms with E-state index in [9.17, 15) is 4.79 Å². The van der Waals surface area contributed by atoms with E-state index in [1.54, 1.807) is 31.4 Å². The van der Waals surface area contributed by atoms with E-state index in [2.05, 4.69) is 5.32 Å². The maximum Gasteiger partial charge on any atom is 0.251 e. The Balaban J connectivity index is 1.72. The van der Waals surface area contributed by atoms with Gasteiger partial charge in [0.05, 0.1) is 20.3 Å². The molecule has 0 aliphatic heterocycles. The van der Waals surface area contributed by atoms with E-state index in [0.717, 1.165) is 17.2 Å². The number of methoxy groups -OCH3 is 1. The maximum atomic E-state index is 11.9. The topological polar surface area (TPSA) is 56.8 Å². The smallest absolute Gasteiger partial charge is 0.251 e. The van der Waals surface area contributed by atoms with E-state index in [1.165, 1.54) is 0 Å². The van der Waals surface area contributed by atoms with Crippen molar-refractivity contribution in [1.29, 1.82) is 0 Å². The van der Waals surface area contributed by atoms with Gasteiger partial charge in [-0.25, -0.2) is 0 Å². The lowest BCUT2D eigenvalue weighted by Gasteiger charge is -2.09. The first kappa shape index (κ1) is 16.7. The number of rotatable bonds is 8. The average molecular weight is 315 g/mol. The Kier molecular flexibility index (Phi) is 6.29. The molecule has 0 saturated carbocycles. The van der Waals surface area contributed by atoms with Crippen molar-refractivity contribution in [3.63, 3.8) is 0 Å².